The number of rotatable bonds is 8. The van der Waals surface area contributed by atoms with Crippen LogP contribution in [-0.4, -0.2) is 85.1 Å². The minimum atomic E-state index is -3.80. The highest BCUT2D eigenvalue weighted by Crippen LogP contribution is 2.54. The van der Waals surface area contributed by atoms with Crippen LogP contribution in [0.3, 0.4) is 0 Å². The Kier molecular flexibility index (Phi) is 7.65. The number of benzene rings is 2. The van der Waals surface area contributed by atoms with Gasteiger partial charge in [0.1, 0.15) is 0 Å². The van der Waals surface area contributed by atoms with Gasteiger partial charge in [0.15, 0.2) is 0 Å². The molecular formula is C30H41N5O5S. The molecule has 0 radical (unpaired) electrons. The standard InChI is InChI=1S/C30H41N5O5S/c1-21-20-35(14-16-40-21)27-18-23(17-22-5-11-33(2)28(22)27)29(37)32-25-4-3-24(41(38,39)31-10-15-36)19-26(25)34-12-8-30(6-7-30)9-13-34/h3-4,17-19,21,31,36H,5-16,20H2,1-2H3,(H,32,37)/t21-/m1/s1. The fourth-order valence-electron chi connectivity index (χ4n) is 6.52. The van der Waals surface area contributed by atoms with Crippen molar-refractivity contribution in [3.63, 3.8) is 0 Å². The molecule has 1 spiro atoms. The molecule has 0 unspecified atom stereocenters. The number of hydrogen-bond donors (Lipinski definition) is 3. The number of aliphatic hydroxyl groups excluding tert-OH is 1. The maximum atomic E-state index is 13.8. The Labute approximate surface area is 242 Å². The molecule has 3 aliphatic heterocycles. The van der Waals surface area contributed by atoms with Crippen molar-refractivity contribution in [2.24, 2.45) is 5.41 Å². The van der Waals surface area contributed by atoms with Crippen LogP contribution < -0.4 is 24.7 Å². The van der Waals surface area contributed by atoms with Crippen molar-refractivity contribution in [3.05, 3.63) is 41.5 Å². The number of nitrogens with one attached hydrogen (secondary N) is 2. The lowest BCUT2D eigenvalue weighted by atomic mass is 9.93. The van der Waals surface area contributed by atoms with E-state index in [9.17, 15) is 13.2 Å². The van der Waals surface area contributed by atoms with Gasteiger partial charge in [-0.05, 0) is 80.3 Å². The second kappa shape index (κ2) is 11.1. The first-order chi connectivity index (χ1) is 19.7. The fourth-order valence-corrected chi connectivity index (χ4v) is 7.56. The number of carbonyl (C=O) groups is 1. The summed E-state index contributed by atoms with van der Waals surface area (Å²) >= 11 is 0. The van der Waals surface area contributed by atoms with Gasteiger partial charge in [-0.2, -0.15) is 0 Å². The average Bonchev–Trinajstić information content (AvgIpc) is 3.62. The molecule has 1 amide bonds. The fraction of sp³-hybridized carbons (Fsp3) is 0.567. The van der Waals surface area contributed by atoms with Crippen LogP contribution in [0.25, 0.3) is 0 Å². The number of sulfonamides is 1. The van der Waals surface area contributed by atoms with E-state index in [2.05, 4.69) is 38.7 Å². The SMILES string of the molecule is C[C@@H]1CN(c2cc(C(=O)Nc3ccc(S(=O)(=O)NCCO)cc3N3CCC4(CC3)CC4)cc3c2N(C)CC3)CCO1. The summed E-state index contributed by atoms with van der Waals surface area (Å²) in [4.78, 5) is 20.7. The third kappa shape index (κ3) is 5.77. The lowest BCUT2D eigenvalue weighted by molar-refractivity contribution is 0.0532. The van der Waals surface area contributed by atoms with Gasteiger partial charge in [0, 0.05) is 51.9 Å². The molecule has 2 aromatic carbocycles. The molecule has 1 atom stereocenters. The highest BCUT2D eigenvalue weighted by atomic mass is 32.2. The quantitative estimate of drug-likeness (QED) is 0.435. The Morgan fingerprint density at radius 2 is 1.83 bits per heavy atom. The third-order valence-corrected chi connectivity index (χ3v) is 10.6. The zero-order chi connectivity index (χ0) is 28.8. The highest BCUT2D eigenvalue weighted by Gasteiger charge is 2.44. The highest BCUT2D eigenvalue weighted by molar-refractivity contribution is 7.89. The number of ether oxygens (including phenoxy) is 1. The van der Waals surface area contributed by atoms with Crippen LogP contribution in [0.5, 0.6) is 0 Å². The first kappa shape index (κ1) is 28.3. The number of likely N-dealkylation sites (N-methyl/N-ethyl adjacent to an activating group) is 1. The summed E-state index contributed by atoms with van der Waals surface area (Å²) in [5, 5.41) is 12.3. The maximum Gasteiger partial charge on any atom is 0.255 e. The Bertz CT molecular complexity index is 1420. The molecule has 10 nitrogen and oxygen atoms in total. The van der Waals surface area contributed by atoms with E-state index < -0.39 is 10.0 Å². The van der Waals surface area contributed by atoms with E-state index in [0.29, 0.717) is 29.0 Å². The molecule has 2 saturated heterocycles. The van der Waals surface area contributed by atoms with Crippen LogP contribution in [0.1, 0.15) is 48.5 Å². The molecule has 0 aromatic heterocycles. The van der Waals surface area contributed by atoms with Gasteiger partial charge in [0.25, 0.3) is 5.91 Å². The Hall–Kier alpha value is -2.86. The number of amides is 1. The van der Waals surface area contributed by atoms with Crippen molar-refractivity contribution in [1.29, 1.82) is 0 Å². The van der Waals surface area contributed by atoms with Crippen molar-refractivity contribution in [2.45, 2.75) is 50.0 Å². The molecule has 11 heteroatoms. The minimum absolute atomic E-state index is 0.0554. The predicted molar refractivity (Wildman–Crippen MR) is 161 cm³/mol. The van der Waals surface area contributed by atoms with Crippen LogP contribution in [0.15, 0.2) is 35.2 Å². The minimum Gasteiger partial charge on any atom is -0.395 e. The lowest BCUT2D eigenvalue weighted by Gasteiger charge is -2.35. The topological polar surface area (TPSA) is 114 Å². The third-order valence-electron chi connectivity index (χ3n) is 9.16. The molecule has 41 heavy (non-hydrogen) atoms. The summed E-state index contributed by atoms with van der Waals surface area (Å²) in [6.07, 6.45) is 5.67. The molecule has 3 heterocycles. The predicted octanol–water partition coefficient (Wildman–Crippen LogP) is 2.81. The number of carbonyl (C=O) groups excluding carboxylic acids is 1. The van der Waals surface area contributed by atoms with Gasteiger partial charge in [-0.15, -0.1) is 0 Å². The summed E-state index contributed by atoms with van der Waals surface area (Å²) in [7, 11) is -1.70. The largest absolute Gasteiger partial charge is 0.395 e. The molecule has 1 saturated carbocycles. The van der Waals surface area contributed by atoms with Crippen LogP contribution in [0.2, 0.25) is 0 Å². The first-order valence-electron chi connectivity index (χ1n) is 14.7. The van der Waals surface area contributed by atoms with Crippen molar-refractivity contribution in [2.75, 3.05) is 79.5 Å². The van der Waals surface area contributed by atoms with Crippen molar-refractivity contribution in [3.8, 4) is 0 Å². The van der Waals surface area contributed by atoms with E-state index >= 15 is 0 Å². The van der Waals surface area contributed by atoms with Crippen molar-refractivity contribution < 1.29 is 23.1 Å². The van der Waals surface area contributed by atoms with E-state index in [4.69, 9.17) is 9.84 Å². The summed E-state index contributed by atoms with van der Waals surface area (Å²) < 4.78 is 34.0. The zero-order valence-electron chi connectivity index (χ0n) is 24.0. The Balaban J connectivity index is 1.31. The summed E-state index contributed by atoms with van der Waals surface area (Å²) in [6, 6.07) is 8.84. The summed E-state index contributed by atoms with van der Waals surface area (Å²) in [6.45, 7) is 6.48. The molecule has 3 N–H and O–H groups in total. The number of nitrogens with zero attached hydrogens (tertiary/aromatic N) is 3. The molecular weight excluding hydrogens is 542 g/mol. The van der Waals surface area contributed by atoms with Crippen LogP contribution >= 0.6 is 0 Å². The normalized spacial score (nSPS) is 21.7. The van der Waals surface area contributed by atoms with Crippen molar-refractivity contribution in [1.82, 2.24) is 4.72 Å². The van der Waals surface area contributed by atoms with Gasteiger partial charge in [-0.25, -0.2) is 13.1 Å². The van der Waals surface area contributed by atoms with Crippen LogP contribution in [0.4, 0.5) is 22.7 Å². The monoisotopic (exact) mass is 583 g/mol. The first-order valence-corrected chi connectivity index (χ1v) is 16.2. The number of hydrogen-bond acceptors (Lipinski definition) is 8. The van der Waals surface area contributed by atoms with Crippen LogP contribution in [0, 0.1) is 5.41 Å². The number of anilines is 4. The molecule has 0 bridgehead atoms. The van der Waals surface area contributed by atoms with Crippen molar-refractivity contribution >= 4 is 38.7 Å². The van der Waals surface area contributed by atoms with E-state index in [0.717, 1.165) is 63.2 Å². The molecule has 222 valence electrons. The van der Waals surface area contributed by atoms with Gasteiger partial charge in [0.2, 0.25) is 10.0 Å². The second-order valence-corrected chi connectivity index (χ2v) is 13.8. The van der Waals surface area contributed by atoms with Gasteiger partial charge in [-0.1, -0.05) is 0 Å². The summed E-state index contributed by atoms with van der Waals surface area (Å²) in [5.74, 6) is -0.212. The van der Waals surface area contributed by atoms with E-state index in [1.54, 1.807) is 12.1 Å². The average molecular weight is 584 g/mol. The van der Waals surface area contributed by atoms with E-state index in [1.807, 2.05) is 12.1 Å². The Morgan fingerprint density at radius 3 is 2.54 bits per heavy atom. The van der Waals surface area contributed by atoms with Gasteiger partial charge >= 0.3 is 0 Å². The number of fused-ring (bicyclic) bond motifs is 1. The molecule has 6 rings (SSSR count). The van der Waals surface area contributed by atoms with Gasteiger partial charge < -0.3 is 29.9 Å². The summed E-state index contributed by atoms with van der Waals surface area (Å²) in [5.41, 5.74) is 5.77. The lowest BCUT2D eigenvalue weighted by Crippen LogP contribution is -2.41. The van der Waals surface area contributed by atoms with Gasteiger partial charge in [0.05, 0.1) is 47.0 Å². The molecule has 2 aromatic rings. The van der Waals surface area contributed by atoms with E-state index in [1.165, 1.54) is 24.6 Å². The molecule has 4 aliphatic rings. The zero-order valence-corrected chi connectivity index (χ0v) is 24.8. The van der Waals surface area contributed by atoms with Gasteiger partial charge in [-0.3, -0.25) is 4.79 Å². The smallest absolute Gasteiger partial charge is 0.255 e. The second-order valence-electron chi connectivity index (χ2n) is 12.0. The number of piperidine rings is 1. The van der Waals surface area contributed by atoms with Crippen LogP contribution in [-0.2, 0) is 21.2 Å². The molecule has 3 fully saturated rings. The number of aliphatic hydroxyl groups is 1. The Morgan fingerprint density at radius 1 is 1.05 bits per heavy atom. The number of morpholine rings is 1. The maximum absolute atomic E-state index is 13.8. The molecule has 1 aliphatic carbocycles. The van der Waals surface area contributed by atoms with E-state index in [-0.39, 0.29) is 30.1 Å².